The summed E-state index contributed by atoms with van der Waals surface area (Å²) in [7, 11) is 0. The monoisotopic (exact) mass is 301 g/mol. The van der Waals surface area contributed by atoms with Crippen molar-refractivity contribution in [1.82, 2.24) is 5.32 Å². The summed E-state index contributed by atoms with van der Waals surface area (Å²) >= 11 is 0. The molecule has 0 spiro atoms. The molecule has 0 saturated carbocycles. The molecule has 0 radical (unpaired) electrons. The minimum atomic E-state index is -4.25. The van der Waals surface area contributed by atoms with E-state index in [1.165, 1.54) is 29.5 Å². The zero-order valence-corrected chi connectivity index (χ0v) is 12.3. The Morgan fingerprint density at radius 2 is 1.90 bits per heavy atom. The van der Waals surface area contributed by atoms with Crippen molar-refractivity contribution >= 4 is 0 Å². The van der Waals surface area contributed by atoms with Gasteiger partial charge in [0.15, 0.2) is 0 Å². The molecule has 1 aromatic carbocycles. The van der Waals surface area contributed by atoms with Crippen LogP contribution in [0.1, 0.15) is 42.5 Å². The number of hydrogen-bond donors (Lipinski definition) is 1. The Hall–Kier alpha value is -1.07. The molecule has 0 aromatic heterocycles. The molecule has 118 valence electrons. The van der Waals surface area contributed by atoms with Gasteiger partial charge in [-0.25, -0.2) is 0 Å². The summed E-state index contributed by atoms with van der Waals surface area (Å²) in [4.78, 5) is 0. The first-order valence-corrected chi connectivity index (χ1v) is 7.45. The smallest absolute Gasteiger partial charge is 0.371 e. The van der Waals surface area contributed by atoms with E-state index in [1.807, 2.05) is 6.92 Å². The van der Waals surface area contributed by atoms with E-state index in [1.54, 1.807) is 0 Å². The van der Waals surface area contributed by atoms with Crippen LogP contribution in [0.3, 0.4) is 0 Å². The van der Waals surface area contributed by atoms with Crippen LogP contribution in [-0.2, 0) is 17.6 Å². The maximum Gasteiger partial charge on any atom is 0.411 e. The number of alkyl halides is 3. The van der Waals surface area contributed by atoms with Gasteiger partial charge in [-0.1, -0.05) is 18.2 Å². The summed E-state index contributed by atoms with van der Waals surface area (Å²) in [5, 5.41) is 3.20. The van der Waals surface area contributed by atoms with Gasteiger partial charge >= 0.3 is 6.18 Å². The van der Waals surface area contributed by atoms with E-state index in [-0.39, 0.29) is 12.6 Å². The molecular weight excluding hydrogens is 279 g/mol. The van der Waals surface area contributed by atoms with Crippen LogP contribution in [-0.4, -0.2) is 25.9 Å². The third-order valence-corrected chi connectivity index (χ3v) is 3.84. The average molecular weight is 301 g/mol. The Balaban J connectivity index is 1.77. The molecule has 0 saturated heterocycles. The van der Waals surface area contributed by atoms with Gasteiger partial charge in [-0.3, -0.25) is 0 Å². The zero-order valence-electron chi connectivity index (χ0n) is 12.3. The standard InChI is InChI=1S/C16H22F3NO/c1-12(20-8-9-21-11-16(17,18)19)14-7-6-13-4-2-3-5-15(13)10-14/h6-7,10,12,20H,2-5,8-9,11H2,1H3. The van der Waals surface area contributed by atoms with Gasteiger partial charge in [-0.05, 0) is 49.3 Å². The third kappa shape index (κ3) is 5.32. The molecule has 1 unspecified atom stereocenters. The van der Waals surface area contributed by atoms with Crippen LogP contribution in [0.15, 0.2) is 18.2 Å². The van der Waals surface area contributed by atoms with Gasteiger partial charge in [-0.2, -0.15) is 13.2 Å². The van der Waals surface area contributed by atoms with Crippen LogP contribution in [0.5, 0.6) is 0 Å². The molecule has 0 fully saturated rings. The van der Waals surface area contributed by atoms with Crippen molar-refractivity contribution in [3.05, 3.63) is 34.9 Å². The first kappa shape index (κ1) is 16.3. The largest absolute Gasteiger partial charge is 0.411 e. The first-order valence-electron chi connectivity index (χ1n) is 7.45. The lowest BCUT2D eigenvalue weighted by Gasteiger charge is -2.20. The van der Waals surface area contributed by atoms with Crippen LogP contribution < -0.4 is 5.32 Å². The molecule has 0 heterocycles. The molecule has 0 bridgehead atoms. The minimum Gasteiger partial charge on any atom is -0.371 e. The number of hydrogen-bond acceptors (Lipinski definition) is 2. The lowest BCUT2D eigenvalue weighted by molar-refractivity contribution is -0.173. The van der Waals surface area contributed by atoms with Gasteiger partial charge < -0.3 is 10.1 Å². The highest BCUT2D eigenvalue weighted by atomic mass is 19.4. The number of rotatable bonds is 6. The second kappa shape index (κ2) is 7.27. The summed E-state index contributed by atoms with van der Waals surface area (Å²) in [5.41, 5.74) is 4.04. The topological polar surface area (TPSA) is 21.3 Å². The fourth-order valence-electron chi connectivity index (χ4n) is 2.68. The van der Waals surface area contributed by atoms with Crippen LogP contribution in [0.25, 0.3) is 0 Å². The molecule has 1 aliphatic carbocycles. The number of aryl methyl sites for hydroxylation is 2. The molecule has 0 amide bonds. The Bertz CT molecular complexity index is 459. The third-order valence-electron chi connectivity index (χ3n) is 3.84. The molecule has 1 aliphatic rings. The van der Waals surface area contributed by atoms with Crippen LogP contribution >= 0.6 is 0 Å². The van der Waals surface area contributed by atoms with E-state index in [0.717, 1.165) is 12.8 Å². The Labute approximate surface area is 123 Å². The molecule has 1 N–H and O–H groups in total. The van der Waals surface area contributed by atoms with Gasteiger partial charge in [0.25, 0.3) is 0 Å². The van der Waals surface area contributed by atoms with Crippen LogP contribution in [0, 0.1) is 0 Å². The van der Waals surface area contributed by atoms with Crippen molar-refractivity contribution in [1.29, 1.82) is 0 Å². The summed E-state index contributed by atoms with van der Waals surface area (Å²) in [6, 6.07) is 6.63. The quantitative estimate of drug-likeness (QED) is 0.807. The predicted octanol–water partition coefficient (Wildman–Crippen LogP) is 3.79. The molecule has 1 aromatic rings. The van der Waals surface area contributed by atoms with Gasteiger partial charge in [0.2, 0.25) is 0 Å². The van der Waals surface area contributed by atoms with E-state index in [4.69, 9.17) is 0 Å². The molecule has 1 atom stereocenters. The lowest BCUT2D eigenvalue weighted by atomic mass is 9.89. The highest BCUT2D eigenvalue weighted by molar-refractivity contribution is 5.35. The second-order valence-corrected chi connectivity index (χ2v) is 5.58. The van der Waals surface area contributed by atoms with Crippen molar-refractivity contribution in [3.8, 4) is 0 Å². The molecule has 2 nitrogen and oxygen atoms in total. The summed E-state index contributed by atoms with van der Waals surface area (Å²) < 4.78 is 40.4. The van der Waals surface area contributed by atoms with E-state index in [0.29, 0.717) is 6.54 Å². The van der Waals surface area contributed by atoms with Crippen LogP contribution in [0.4, 0.5) is 13.2 Å². The summed E-state index contributed by atoms with van der Waals surface area (Å²) in [6.45, 7) is 1.32. The fraction of sp³-hybridized carbons (Fsp3) is 0.625. The Kier molecular flexibility index (Phi) is 5.65. The van der Waals surface area contributed by atoms with E-state index in [9.17, 15) is 13.2 Å². The van der Waals surface area contributed by atoms with E-state index < -0.39 is 12.8 Å². The molecule has 21 heavy (non-hydrogen) atoms. The molecule has 0 aliphatic heterocycles. The first-order chi connectivity index (χ1) is 9.96. The van der Waals surface area contributed by atoms with Gasteiger partial charge in [0.1, 0.15) is 6.61 Å². The molecule has 2 rings (SSSR count). The summed E-state index contributed by atoms with van der Waals surface area (Å²) in [5.74, 6) is 0. The number of ether oxygens (including phenoxy) is 1. The van der Waals surface area contributed by atoms with Gasteiger partial charge in [0, 0.05) is 12.6 Å². The number of halogens is 3. The zero-order chi connectivity index (χ0) is 15.3. The number of benzene rings is 1. The summed E-state index contributed by atoms with van der Waals surface area (Å²) in [6.07, 6.45) is 0.539. The van der Waals surface area contributed by atoms with E-state index in [2.05, 4.69) is 28.3 Å². The predicted molar refractivity (Wildman–Crippen MR) is 76.4 cm³/mol. The highest BCUT2D eigenvalue weighted by Crippen LogP contribution is 2.24. The normalized spacial score (nSPS) is 16.6. The molecular formula is C16H22F3NO. The van der Waals surface area contributed by atoms with Crippen molar-refractivity contribution in [3.63, 3.8) is 0 Å². The van der Waals surface area contributed by atoms with Gasteiger partial charge in [-0.15, -0.1) is 0 Å². The SMILES string of the molecule is CC(NCCOCC(F)(F)F)c1ccc2c(c1)CCCC2. The van der Waals surface area contributed by atoms with Crippen molar-refractivity contribution in [2.75, 3.05) is 19.8 Å². The van der Waals surface area contributed by atoms with Crippen molar-refractivity contribution < 1.29 is 17.9 Å². The van der Waals surface area contributed by atoms with E-state index >= 15 is 0 Å². The minimum absolute atomic E-state index is 0.0643. The number of nitrogens with one attached hydrogen (secondary N) is 1. The highest BCUT2D eigenvalue weighted by Gasteiger charge is 2.27. The number of fused-ring (bicyclic) bond motifs is 1. The van der Waals surface area contributed by atoms with Crippen molar-refractivity contribution in [2.45, 2.75) is 44.8 Å². The maximum absolute atomic E-state index is 11.9. The molecule has 5 heteroatoms. The Morgan fingerprint density at radius 3 is 2.62 bits per heavy atom. The second-order valence-electron chi connectivity index (χ2n) is 5.58. The maximum atomic E-state index is 11.9. The fourth-order valence-corrected chi connectivity index (χ4v) is 2.68. The Morgan fingerprint density at radius 1 is 1.19 bits per heavy atom. The van der Waals surface area contributed by atoms with Crippen molar-refractivity contribution in [2.24, 2.45) is 0 Å². The average Bonchev–Trinajstić information content (AvgIpc) is 2.45. The lowest BCUT2D eigenvalue weighted by Crippen LogP contribution is -2.26. The van der Waals surface area contributed by atoms with Crippen LogP contribution in [0.2, 0.25) is 0 Å². The van der Waals surface area contributed by atoms with Gasteiger partial charge in [0.05, 0.1) is 6.61 Å².